The van der Waals surface area contributed by atoms with Gasteiger partial charge in [-0.1, -0.05) is 6.07 Å². The molecule has 0 spiro atoms. The van der Waals surface area contributed by atoms with Crippen LogP contribution in [-0.2, 0) is 4.79 Å². The Kier molecular flexibility index (Phi) is 6.29. The van der Waals surface area contributed by atoms with Crippen molar-refractivity contribution in [1.82, 2.24) is 4.90 Å². The van der Waals surface area contributed by atoms with E-state index in [-0.39, 0.29) is 23.0 Å². The molecule has 0 unspecified atom stereocenters. The fourth-order valence-electron chi connectivity index (χ4n) is 2.67. The van der Waals surface area contributed by atoms with Crippen LogP contribution >= 0.6 is 27.7 Å². The van der Waals surface area contributed by atoms with Crippen LogP contribution in [0.4, 0.5) is 5.69 Å². The van der Waals surface area contributed by atoms with Crippen LogP contribution in [0.25, 0.3) is 6.08 Å². The molecule has 7 nitrogen and oxygen atoms in total. The predicted molar refractivity (Wildman–Crippen MR) is 116 cm³/mol. The number of aliphatic imine (C=N–C) groups is 1. The number of carbonyl (C=O) groups is 2. The average molecular weight is 477 g/mol. The van der Waals surface area contributed by atoms with Crippen LogP contribution in [-0.4, -0.2) is 45.8 Å². The molecule has 0 radical (unpaired) electrons. The number of aromatic hydroxyl groups is 1. The molecule has 0 saturated carbocycles. The number of carboxylic acid groups (broad SMARTS) is 1. The topological polar surface area (TPSA) is 99.4 Å². The second-order valence-electron chi connectivity index (χ2n) is 5.96. The van der Waals surface area contributed by atoms with Crippen molar-refractivity contribution in [1.29, 1.82) is 0 Å². The number of hydrogen-bond donors (Lipinski definition) is 2. The number of aromatic carboxylic acids is 1. The van der Waals surface area contributed by atoms with Gasteiger partial charge in [-0.3, -0.25) is 9.69 Å². The molecular formula is C20H17BrN2O5S. The SMILES string of the molecule is CCN1C(=O)/C(=C/c2cc(Br)c(O)c(OC)c2)SC1=Nc1cccc(C(=O)O)c1. The second kappa shape index (κ2) is 8.71. The van der Waals surface area contributed by atoms with Crippen molar-refractivity contribution in [2.75, 3.05) is 13.7 Å². The molecule has 2 aromatic rings. The van der Waals surface area contributed by atoms with Gasteiger partial charge in [0, 0.05) is 6.54 Å². The molecule has 1 aliphatic rings. The van der Waals surface area contributed by atoms with Gasteiger partial charge in [-0.15, -0.1) is 0 Å². The Morgan fingerprint density at radius 2 is 2.10 bits per heavy atom. The number of nitrogens with zero attached hydrogens (tertiary/aromatic N) is 2. The summed E-state index contributed by atoms with van der Waals surface area (Å²) in [4.78, 5) is 30.4. The van der Waals surface area contributed by atoms with Crippen molar-refractivity contribution in [2.24, 2.45) is 4.99 Å². The number of rotatable bonds is 5. The molecule has 3 rings (SSSR count). The molecule has 1 fully saturated rings. The zero-order valence-corrected chi connectivity index (χ0v) is 18.0. The third kappa shape index (κ3) is 4.46. The van der Waals surface area contributed by atoms with Crippen molar-refractivity contribution in [3.8, 4) is 11.5 Å². The zero-order chi connectivity index (χ0) is 21.1. The largest absolute Gasteiger partial charge is 0.503 e. The molecular weight excluding hydrogens is 460 g/mol. The minimum absolute atomic E-state index is 0.0178. The monoisotopic (exact) mass is 476 g/mol. The first-order valence-corrected chi connectivity index (χ1v) is 10.1. The summed E-state index contributed by atoms with van der Waals surface area (Å²) in [6.07, 6.45) is 1.69. The minimum Gasteiger partial charge on any atom is -0.503 e. The summed E-state index contributed by atoms with van der Waals surface area (Å²) >= 11 is 4.47. The van der Waals surface area contributed by atoms with Gasteiger partial charge in [0.05, 0.1) is 27.7 Å². The molecule has 0 aliphatic carbocycles. The Labute approximate surface area is 179 Å². The van der Waals surface area contributed by atoms with Crippen molar-refractivity contribution >= 4 is 56.5 Å². The molecule has 0 aromatic heterocycles. The molecule has 1 amide bonds. The zero-order valence-electron chi connectivity index (χ0n) is 15.5. The smallest absolute Gasteiger partial charge is 0.335 e. The molecule has 150 valence electrons. The quantitative estimate of drug-likeness (QED) is 0.616. The molecule has 0 bridgehead atoms. The van der Waals surface area contributed by atoms with E-state index in [1.54, 1.807) is 30.3 Å². The van der Waals surface area contributed by atoms with Gasteiger partial charge in [0.2, 0.25) is 0 Å². The maximum absolute atomic E-state index is 12.8. The molecule has 2 N–H and O–H groups in total. The van der Waals surface area contributed by atoms with E-state index in [1.165, 1.54) is 35.9 Å². The van der Waals surface area contributed by atoms with Gasteiger partial charge < -0.3 is 14.9 Å². The number of phenolic OH excluding ortho intramolecular Hbond substituents is 1. The van der Waals surface area contributed by atoms with Crippen molar-refractivity contribution < 1.29 is 24.5 Å². The Morgan fingerprint density at radius 1 is 1.34 bits per heavy atom. The third-order valence-electron chi connectivity index (χ3n) is 4.09. The van der Waals surface area contributed by atoms with Crippen LogP contribution in [0.3, 0.4) is 0 Å². The predicted octanol–water partition coefficient (Wildman–Crippen LogP) is 4.49. The average Bonchev–Trinajstić information content (AvgIpc) is 2.98. The van der Waals surface area contributed by atoms with E-state index in [9.17, 15) is 14.7 Å². The van der Waals surface area contributed by atoms with Gasteiger partial charge in [0.1, 0.15) is 0 Å². The number of amidine groups is 1. The van der Waals surface area contributed by atoms with E-state index < -0.39 is 5.97 Å². The highest BCUT2D eigenvalue weighted by atomic mass is 79.9. The van der Waals surface area contributed by atoms with E-state index in [0.29, 0.717) is 32.3 Å². The summed E-state index contributed by atoms with van der Waals surface area (Å²) in [6, 6.07) is 9.54. The number of carboxylic acids is 1. The van der Waals surface area contributed by atoms with Crippen LogP contribution < -0.4 is 4.74 Å². The molecule has 1 heterocycles. The van der Waals surface area contributed by atoms with Crippen LogP contribution in [0.2, 0.25) is 0 Å². The van der Waals surface area contributed by atoms with Gasteiger partial charge in [-0.2, -0.15) is 0 Å². The first-order valence-electron chi connectivity index (χ1n) is 8.54. The first-order chi connectivity index (χ1) is 13.8. The highest BCUT2D eigenvalue weighted by Gasteiger charge is 2.32. The Balaban J connectivity index is 1.97. The molecule has 29 heavy (non-hydrogen) atoms. The molecule has 2 aromatic carbocycles. The number of carbonyl (C=O) groups excluding carboxylic acids is 1. The first kappa shape index (κ1) is 20.9. The lowest BCUT2D eigenvalue weighted by molar-refractivity contribution is -0.122. The van der Waals surface area contributed by atoms with E-state index in [0.717, 1.165) is 0 Å². The van der Waals surface area contributed by atoms with Gasteiger partial charge in [-0.25, -0.2) is 9.79 Å². The van der Waals surface area contributed by atoms with Crippen LogP contribution in [0, 0.1) is 0 Å². The van der Waals surface area contributed by atoms with Crippen LogP contribution in [0.15, 0.2) is 50.8 Å². The van der Waals surface area contributed by atoms with E-state index in [4.69, 9.17) is 9.84 Å². The van der Waals surface area contributed by atoms with Crippen LogP contribution in [0.5, 0.6) is 11.5 Å². The number of hydrogen-bond acceptors (Lipinski definition) is 6. The number of halogens is 1. The van der Waals surface area contributed by atoms with Gasteiger partial charge in [0.15, 0.2) is 16.7 Å². The number of methoxy groups -OCH3 is 1. The Bertz CT molecular complexity index is 1050. The van der Waals surface area contributed by atoms with Crippen LogP contribution in [0.1, 0.15) is 22.8 Å². The minimum atomic E-state index is -1.04. The Hall–Kier alpha value is -2.78. The number of ether oxygens (including phenoxy) is 1. The summed E-state index contributed by atoms with van der Waals surface area (Å²) in [5.74, 6) is -0.972. The maximum atomic E-state index is 12.8. The second-order valence-corrected chi connectivity index (χ2v) is 7.83. The molecule has 1 saturated heterocycles. The maximum Gasteiger partial charge on any atom is 0.335 e. The summed E-state index contributed by atoms with van der Waals surface area (Å²) in [5.41, 5.74) is 1.25. The number of amides is 1. The van der Waals surface area contributed by atoms with Crippen molar-refractivity contribution in [3.63, 3.8) is 0 Å². The van der Waals surface area contributed by atoms with E-state index >= 15 is 0 Å². The standard InChI is InChI=1S/C20H17BrN2O5S/c1-3-23-18(25)16(9-11-7-14(21)17(24)15(8-11)28-2)29-20(23)22-13-6-4-5-12(10-13)19(26)27/h4-10,24H,3H2,1-2H3,(H,26,27)/b16-9-,22-20?. The van der Waals surface area contributed by atoms with E-state index in [1.807, 2.05) is 6.92 Å². The van der Waals surface area contributed by atoms with E-state index in [2.05, 4.69) is 20.9 Å². The lowest BCUT2D eigenvalue weighted by Gasteiger charge is -2.12. The number of benzene rings is 2. The molecule has 9 heteroatoms. The van der Waals surface area contributed by atoms with Gasteiger partial charge in [0.25, 0.3) is 5.91 Å². The number of thioether (sulfide) groups is 1. The third-order valence-corrected chi connectivity index (χ3v) is 5.70. The van der Waals surface area contributed by atoms with Crippen molar-refractivity contribution in [3.05, 3.63) is 56.9 Å². The highest BCUT2D eigenvalue weighted by molar-refractivity contribution is 9.10. The molecule has 1 aliphatic heterocycles. The summed E-state index contributed by atoms with van der Waals surface area (Å²) in [6.45, 7) is 2.26. The molecule has 0 atom stereocenters. The number of phenols is 1. The normalized spacial score (nSPS) is 16.7. The fourth-order valence-corrected chi connectivity index (χ4v) is 4.20. The Morgan fingerprint density at radius 3 is 2.76 bits per heavy atom. The van der Waals surface area contributed by atoms with Gasteiger partial charge in [-0.05, 0) is 76.6 Å². The highest BCUT2D eigenvalue weighted by Crippen LogP contribution is 2.38. The van der Waals surface area contributed by atoms with Crippen molar-refractivity contribution in [2.45, 2.75) is 6.92 Å². The fraction of sp³-hybridized carbons (Fsp3) is 0.150. The number of likely N-dealkylation sites (N-methyl/N-ethyl adjacent to an activating group) is 1. The van der Waals surface area contributed by atoms with Gasteiger partial charge >= 0.3 is 5.97 Å². The lowest BCUT2D eigenvalue weighted by Crippen LogP contribution is -2.28. The summed E-state index contributed by atoms with van der Waals surface area (Å²) < 4.78 is 5.60. The summed E-state index contributed by atoms with van der Waals surface area (Å²) in [7, 11) is 1.45. The lowest BCUT2D eigenvalue weighted by atomic mass is 10.2. The summed E-state index contributed by atoms with van der Waals surface area (Å²) in [5, 5.41) is 19.6.